The summed E-state index contributed by atoms with van der Waals surface area (Å²) >= 11 is 6.15. The summed E-state index contributed by atoms with van der Waals surface area (Å²) in [7, 11) is 3.15. The number of halogens is 1. The highest BCUT2D eigenvalue weighted by Gasteiger charge is 2.42. The Morgan fingerprint density at radius 1 is 1.07 bits per heavy atom. The lowest BCUT2D eigenvalue weighted by atomic mass is 10.1. The molecule has 7 heteroatoms. The van der Waals surface area contributed by atoms with Crippen LogP contribution in [0.3, 0.4) is 0 Å². The molecule has 2 heterocycles. The van der Waals surface area contributed by atoms with Crippen molar-refractivity contribution in [3.8, 4) is 11.5 Å². The van der Waals surface area contributed by atoms with E-state index >= 15 is 0 Å². The third-order valence-corrected chi connectivity index (χ3v) is 5.57. The van der Waals surface area contributed by atoms with Gasteiger partial charge < -0.3 is 19.3 Å². The van der Waals surface area contributed by atoms with E-state index in [1.165, 1.54) is 0 Å². The fourth-order valence-corrected chi connectivity index (χ4v) is 4.13. The lowest BCUT2D eigenvalue weighted by Gasteiger charge is -2.26. The molecule has 1 fully saturated rings. The van der Waals surface area contributed by atoms with Crippen molar-refractivity contribution in [2.45, 2.75) is 25.4 Å². The smallest absolute Gasteiger partial charge is 0.256 e. The van der Waals surface area contributed by atoms with Gasteiger partial charge in [-0.1, -0.05) is 17.7 Å². The maximum atomic E-state index is 13.3. The number of rotatable bonds is 4. The molecule has 1 atom stereocenters. The number of nitrogens with zero attached hydrogens (tertiary/aromatic N) is 2. The average molecular weight is 401 g/mol. The van der Waals surface area contributed by atoms with E-state index in [2.05, 4.69) is 0 Å². The third-order valence-electron chi connectivity index (χ3n) is 5.33. The Hall–Kier alpha value is -2.73. The van der Waals surface area contributed by atoms with Crippen molar-refractivity contribution in [2.24, 2.45) is 0 Å². The van der Waals surface area contributed by atoms with E-state index in [-0.39, 0.29) is 11.8 Å². The van der Waals surface area contributed by atoms with Gasteiger partial charge in [0.2, 0.25) is 5.91 Å². The normalized spacial score (nSPS) is 18.6. The quantitative estimate of drug-likeness (QED) is 0.788. The van der Waals surface area contributed by atoms with Crippen LogP contribution in [0, 0.1) is 0 Å². The molecule has 0 unspecified atom stereocenters. The summed E-state index contributed by atoms with van der Waals surface area (Å²) in [6.45, 7) is 0.914. The zero-order valence-corrected chi connectivity index (χ0v) is 16.5. The Bertz CT molecular complexity index is 946. The van der Waals surface area contributed by atoms with E-state index in [0.717, 1.165) is 12.0 Å². The molecule has 0 aromatic heterocycles. The maximum Gasteiger partial charge on any atom is 0.256 e. The number of ether oxygens (including phenoxy) is 2. The summed E-state index contributed by atoms with van der Waals surface area (Å²) < 4.78 is 10.7. The van der Waals surface area contributed by atoms with E-state index in [9.17, 15) is 9.59 Å². The molecule has 1 saturated heterocycles. The van der Waals surface area contributed by atoms with Crippen molar-refractivity contribution in [3.05, 3.63) is 52.5 Å². The molecule has 2 aromatic rings. The number of amides is 2. The molecule has 0 radical (unpaired) electrons. The molecule has 28 heavy (non-hydrogen) atoms. The van der Waals surface area contributed by atoms with Gasteiger partial charge in [0.25, 0.3) is 5.91 Å². The first kappa shape index (κ1) is 18.6. The molecular formula is C21H21ClN2O4. The summed E-state index contributed by atoms with van der Waals surface area (Å²) in [5.74, 6) is 1.01. The van der Waals surface area contributed by atoms with Crippen molar-refractivity contribution in [2.75, 3.05) is 25.7 Å². The largest absolute Gasteiger partial charge is 0.493 e. The SMILES string of the molecule is COc1ccc(CN2C(=O)[C@@H]3CCCN3C(=O)c3cc(Cl)ccc32)cc1OC. The van der Waals surface area contributed by atoms with Gasteiger partial charge in [-0.05, 0) is 48.7 Å². The van der Waals surface area contributed by atoms with Gasteiger partial charge in [0.15, 0.2) is 11.5 Å². The molecule has 4 rings (SSSR count). The summed E-state index contributed by atoms with van der Waals surface area (Å²) in [5.41, 5.74) is 1.93. The number of carbonyl (C=O) groups excluding carboxylic acids is 2. The Kier molecular flexibility index (Phi) is 4.89. The summed E-state index contributed by atoms with van der Waals surface area (Å²) in [6, 6.07) is 10.2. The van der Waals surface area contributed by atoms with Gasteiger partial charge in [0.05, 0.1) is 32.0 Å². The Morgan fingerprint density at radius 2 is 1.86 bits per heavy atom. The molecule has 2 amide bonds. The first-order valence-electron chi connectivity index (χ1n) is 9.16. The van der Waals surface area contributed by atoms with Crippen molar-refractivity contribution in [1.82, 2.24) is 4.90 Å². The standard InChI is InChI=1S/C21H21ClN2O4/c1-27-18-8-5-13(10-19(18)28-2)12-24-16-7-6-14(22)11-15(16)20(25)23-9-3-4-17(23)21(24)26/h5-8,10-11,17H,3-4,9,12H2,1-2H3/t17-/m0/s1. The molecule has 0 N–H and O–H groups in total. The molecule has 0 spiro atoms. The Morgan fingerprint density at radius 3 is 2.61 bits per heavy atom. The molecule has 2 aliphatic heterocycles. The summed E-state index contributed by atoms with van der Waals surface area (Å²) in [5, 5.41) is 0.475. The molecule has 146 valence electrons. The first-order valence-corrected chi connectivity index (χ1v) is 9.54. The van der Waals surface area contributed by atoms with Crippen LogP contribution < -0.4 is 14.4 Å². The summed E-state index contributed by atoms with van der Waals surface area (Å²) in [6.07, 6.45) is 1.50. The molecule has 2 aromatic carbocycles. The van der Waals surface area contributed by atoms with Crippen LogP contribution in [0.15, 0.2) is 36.4 Å². The minimum Gasteiger partial charge on any atom is -0.493 e. The van der Waals surface area contributed by atoms with Crippen LogP contribution in [0.2, 0.25) is 5.02 Å². The second kappa shape index (κ2) is 7.36. The number of carbonyl (C=O) groups is 2. The van der Waals surface area contributed by atoms with Crippen LogP contribution in [0.25, 0.3) is 0 Å². The van der Waals surface area contributed by atoms with Crippen molar-refractivity contribution in [3.63, 3.8) is 0 Å². The average Bonchev–Trinajstić information content (AvgIpc) is 3.18. The molecule has 2 aliphatic rings. The summed E-state index contributed by atoms with van der Waals surface area (Å²) in [4.78, 5) is 29.7. The lowest BCUT2D eigenvalue weighted by molar-refractivity contribution is -0.122. The number of hydrogen-bond donors (Lipinski definition) is 0. The van der Waals surface area contributed by atoms with Crippen LogP contribution in [-0.2, 0) is 11.3 Å². The zero-order chi connectivity index (χ0) is 19.8. The van der Waals surface area contributed by atoms with Gasteiger partial charge in [-0.3, -0.25) is 9.59 Å². The second-order valence-corrected chi connectivity index (χ2v) is 7.37. The minimum absolute atomic E-state index is 0.0679. The number of fused-ring (bicyclic) bond motifs is 2. The van der Waals surface area contributed by atoms with Crippen molar-refractivity contribution >= 4 is 29.1 Å². The van der Waals surface area contributed by atoms with E-state index in [0.29, 0.717) is 47.3 Å². The number of hydrogen-bond acceptors (Lipinski definition) is 4. The third kappa shape index (κ3) is 3.07. The zero-order valence-electron chi connectivity index (χ0n) is 15.8. The van der Waals surface area contributed by atoms with E-state index in [4.69, 9.17) is 21.1 Å². The predicted molar refractivity (Wildman–Crippen MR) is 106 cm³/mol. The molecule has 0 aliphatic carbocycles. The molecule has 0 saturated carbocycles. The van der Waals surface area contributed by atoms with Gasteiger partial charge in [0.1, 0.15) is 6.04 Å². The minimum atomic E-state index is -0.432. The monoisotopic (exact) mass is 400 g/mol. The van der Waals surface area contributed by atoms with Gasteiger partial charge in [0, 0.05) is 11.6 Å². The van der Waals surface area contributed by atoms with Gasteiger partial charge in [-0.15, -0.1) is 0 Å². The number of anilines is 1. The van der Waals surface area contributed by atoms with Crippen molar-refractivity contribution < 1.29 is 19.1 Å². The van der Waals surface area contributed by atoms with Crippen LogP contribution in [-0.4, -0.2) is 43.5 Å². The van der Waals surface area contributed by atoms with Gasteiger partial charge in [-0.25, -0.2) is 0 Å². The fraction of sp³-hybridized carbons (Fsp3) is 0.333. The van der Waals surface area contributed by atoms with E-state index in [1.54, 1.807) is 42.2 Å². The van der Waals surface area contributed by atoms with Crippen LogP contribution in [0.5, 0.6) is 11.5 Å². The van der Waals surface area contributed by atoms with Crippen LogP contribution >= 0.6 is 11.6 Å². The molecule has 0 bridgehead atoms. The highest BCUT2D eigenvalue weighted by Crippen LogP contribution is 2.36. The fourth-order valence-electron chi connectivity index (χ4n) is 3.96. The first-order chi connectivity index (χ1) is 13.5. The van der Waals surface area contributed by atoms with Crippen LogP contribution in [0.4, 0.5) is 5.69 Å². The van der Waals surface area contributed by atoms with E-state index in [1.807, 2.05) is 18.2 Å². The molecular weight excluding hydrogens is 380 g/mol. The second-order valence-electron chi connectivity index (χ2n) is 6.93. The maximum absolute atomic E-state index is 13.3. The predicted octanol–water partition coefficient (Wildman–Crippen LogP) is 3.51. The van der Waals surface area contributed by atoms with Gasteiger partial charge >= 0.3 is 0 Å². The topological polar surface area (TPSA) is 59.1 Å². The van der Waals surface area contributed by atoms with Crippen LogP contribution in [0.1, 0.15) is 28.8 Å². The van der Waals surface area contributed by atoms with Gasteiger partial charge in [-0.2, -0.15) is 0 Å². The highest BCUT2D eigenvalue weighted by atomic mass is 35.5. The Labute approximate surface area is 168 Å². The number of methoxy groups -OCH3 is 2. The lowest BCUT2D eigenvalue weighted by Crippen LogP contribution is -2.44. The molecule has 6 nitrogen and oxygen atoms in total. The number of benzene rings is 2. The Balaban J connectivity index is 1.78. The highest BCUT2D eigenvalue weighted by molar-refractivity contribution is 6.31. The van der Waals surface area contributed by atoms with Crippen molar-refractivity contribution in [1.29, 1.82) is 0 Å². The van der Waals surface area contributed by atoms with E-state index < -0.39 is 6.04 Å².